The first-order valence-electron chi connectivity index (χ1n) is 18.1. The summed E-state index contributed by atoms with van der Waals surface area (Å²) in [5, 5.41) is 0.725. The van der Waals surface area contributed by atoms with Crippen LogP contribution < -0.4 is 14.4 Å². The molecule has 2 bridgehead atoms. The van der Waals surface area contributed by atoms with Gasteiger partial charge in [0.2, 0.25) is 0 Å². The van der Waals surface area contributed by atoms with Gasteiger partial charge in [-0.05, 0) is 110 Å². The summed E-state index contributed by atoms with van der Waals surface area (Å²) in [7, 11) is -5.39. The zero-order valence-electron chi connectivity index (χ0n) is 30.7. The molecule has 4 atom stereocenters. The predicted octanol–water partition coefficient (Wildman–Crippen LogP) is 6.64. The summed E-state index contributed by atoms with van der Waals surface area (Å²) >= 11 is 6.46. The third kappa shape index (κ3) is 7.90. The number of nitrogens with zero attached hydrogens (tertiary/aromatic N) is 2. The number of aryl methyl sites for hydroxylation is 1. The van der Waals surface area contributed by atoms with Gasteiger partial charge in [-0.2, -0.15) is 12.7 Å². The molecule has 0 saturated heterocycles. The number of hydrogen-bond donors (Lipinski definition) is 1. The van der Waals surface area contributed by atoms with Crippen molar-refractivity contribution in [3.05, 3.63) is 70.3 Å². The fourth-order valence-electron chi connectivity index (χ4n) is 7.76. The van der Waals surface area contributed by atoms with E-state index < -0.39 is 36.9 Å². The summed E-state index contributed by atoms with van der Waals surface area (Å²) in [5.41, 5.74) is 3.15. The summed E-state index contributed by atoms with van der Waals surface area (Å²) in [6.45, 7) is 12.6. The van der Waals surface area contributed by atoms with Crippen LogP contribution in [0, 0.1) is 11.8 Å². The number of fused-ring (bicyclic) bond motifs is 4. The normalized spacial score (nSPS) is 27.5. The third-order valence-electron chi connectivity index (χ3n) is 11.9. The van der Waals surface area contributed by atoms with Crippen molar-refractivity contribution < 1.29 is 31.9 Å². The monoisotopic (exact) mass is 757 g/mol. The summed E-state index contributed by atoms with van der Waals surface area (Å²) in [6, 6.07) is 11.3. The molecule has 13 heteroatoms. The van der Waals surface area contributed by atoms with Crippen LogP contribution in [0.15, 0.2) is 48.6 Å². The van der Waals surface area contributed by atoms with Crippen molar-refractivity contribution in [1.29, 1.82) is 0 Å². The molecule has 1 spiro atoms. The highest BCUT2D eigenvalue weighted by Gasteiger charge is 2.47. The fraction of sp³-hybridized carbons (Fsp3) is 0.579. The van der Waals surface area contributed by atoms with Crippen LogP contribution in [-0.2, 0) is 36.0 Å². The van der Waals surface area contributed by atoms with Crippen LogP contribution in [0.4, 0.5) is 5.69 Å². The maximum absolute atomic E-state index is 13.6. The number of carbonyl (C=O) groups excluding carboxylic acids is 2. The largest absolute Gasteiger partial charge is 0.490 e. The van der Waals surface area contributed by atoms with Crippen LogP contribution in [0.5, 0.6) is 5.75 Å². The molecule has 2 heterocycles. The highest BCUT2D eigenvalue weighted by molar-refractivity contribution is 7.87. The van der Waals surface area contributed by atoms with E-state index in [1.807, 2.05) is 12.1 Å². The van der Waals surface area contributed by atoms with Crippen molar-refractivity contribution >= 4 is 47.7 Å². The van der Waals surface area contributed by atoms with E-state index in [-0.39, 0.29) is 34.6 Å². The van der Waals surface area contributed by atoms with E-state index in [0.717, 1.165) is 53.7 Å². The lowest BCUT2D eigenvalue weighted by atomic mass is 9.68. The number of halogens is 1. The molecule has 6 rings (SSSR count). The number of anilines is 1. The number of amides is 1. The lowest BCUT2D eigenvalue weighted by molar-refractivity contribution is -0.140. The van der Waals surface area contributed by atoms with Crippen molar-refractivity contribution in [2.45, 2.75) is 88.9 Å². The zero-order valence-corrected chi connectivity index (χ0v) is 33.2. The van der Waals surface area contributed by atoms with Crippen LogP contribution in [0.1, 0.15) is 74.4 Å². The number of carbonyl (C=O) groups is 2. The van der Waals surface area contributed by atoms with Crippen molar-refractivity contribution in [3.63, 3.8) is 0 Å². The molecule has 51 heavy (non-hydrogen) atoms. The summed E-state index contributed by atoms with van der Waals surface area (Å²) in [5.74, 6) is -0.268. The Morgan fingerprint density at radius 2 is 1.94 bits per heavy atom. The SMILES string of the molecule is COC(=O)CN1CC/C=C/C(O[Si](C)(C)C(C)(C)C)[C@@H]2CC[C@H]2CN2C[C@@]3(CCCc4cc(Cl)ccc43)COc3ccc(cc32)C(=O)NS1(=O)=O. The van der Waals surface area contributed by atoms with Gasteiger partial charge in [0.25, 0.3) is 5.91 Å². The first-order chi connectivity index (χ1) is 24.0. The van der Waals surface area contributed by atoms with E-state index in [0.29, 0.717) is 31.2 Å². The number of hydrogen-bond acceptors (Lipinski definition) is 8. The van der Waals surface area contributed by atoms with Crippen molar-refractivity contribution in [3.8, 4) is 5.75 Å². The topological polar surface area (TPSA) is 114 Å². The Bertz CT molecular complexity index is 1800. The number of rotatable bonds is 4. The van der Waals surface area contributed by atoms with Gasteiger partial charge in [-0.25, -0.2) is 4.72 Å². The Morgan fingerprint density at radius 3 is 2.65 bits per heavy atom. The summed E-state index contributed by atoms with van der Waals surface area (Å²) in [6.07, 6.45) is 9.22. The molecule has 10 nitrogen and oxygen atoms in total. The average Bonchev–Trinajstić information content (AvgIpc) is 3.19. The number of esters is 1. The van der Waals surface area contributed by atoms with Crippen molar-refractivity contribution in [1.82, 2.24) is 9.03 Å². The van der Waals surface area contributed by atoms with E-state index in [2.05, 4.69) is 61.7 Å². The zero-order chi connectivity index (χ0) is 36.8. The van der Waals surface area contributed by atoms with E-state index in [1.165, 1.54) is 18.2 Å². The van der Waals surface area contributed by atoms with E-state index in [4.69, 9.17) is 25.5 Å². The van der Waals surface area contributed by atoms with Crippen molar-refractivity contribution in [2.75, 3.05) is 44.8 Å². The third-order valence-corrected chi connectivity index (χ3v) is 18.0. The lowest BCUT2D eigenvalue weighted by Gasteiger charge is -2.48. The second-order valence-electron chi connectivity index (χ2n) is 16.2. The molecule has 0 radical (unpaired) electrons. The van der Waals surface area contributed by atoms with Crippen LogP contribution in [0.3, 0.4) is 0 Å². The predicted molar refractivity (Wildman–Crippen MR) is 202 cm³/mol. The van der Waals surface area contributed by atoms with Crippen LogP contribution in [0.2, 0.25) is 23.2 Å². The minimum absolute atomic E-state index is 0.0000519. The maximum atomic E-state index is 13.6. The molecule has 1 saturated carbocycles. The average molecular weight is 758 g/mol. The second-order valence-corrected chi connectivity index (χ2v) is 23.1. The molecule has 278 valence electrons. The first kappa shape index (κ1) is 37.8. The number of ether oxygens (including phenoxy) is 2. The second kappa shape index (κ2) is 14.5. The smallest absolute Gasteiger partial charge is 0.321 e. The van der Waals surface area contributed by atoms with E-state index >= 15 is 0 Å². The van der Waals surface area contributed by atoms with Gasteiger partial charge in [-0.15, -0.1) is 0 Å². The Hall–Kier alpha value is -2.90. The highest BCUT2D eigenvalue weighted by Crippen LogP contribution is 2.48. The fourth-order valence-corrected chi connectivity index (χ4v) is 10.3. The molecule has 1 fully saturated rings. The van der Waals surface area contributed by atoms with Gasteiger partial charge in [-0.1, -0.05) is 50.6 Å². The first-order valence-corrected chi connectivity index (χ1v) is 22.8. The van der Waals surface area contributed by atoms with E-state index in [1.54, 1.807) is 18.2 Å². The van der Waals surface area contributed by atoms with Crippen LogP contribution in [-0.4, -0.2) is 78.9 Å². The van der Waals surface area contributed by atoms with Gasteiger partial charge in [0.15, 0.2) is 8.32 Å². The molecule has 1 unspecified atom stereocenters. The molecule has 2 aromatic rings. The molecular weight excluding hydrogens is 706 g/mol. The van der Waals surface area contributed by atoms with Crippen LogP contribution >= 0.6 is 11.6 Å². The Morgan fingerprint density at radius 1 is 1.16 bits per heavy atom. The standard InChI is InChI=1S/C38H52ClN3O7SSi/c1-37(2,3)51(5,6)49-33-11-7-8-19-42(23-35(43)47-4)50(45,46)40-36(44)27-13-17-34-32(21-27)41(22-28-12-15-30(28)33)24-38(25-48-34)18-9-10-26-20-29(39)14-16-31(26)38/h7,11,13-14,16-17,20-21,28,30,33H,8-10,12,15,18-19,22-25H2,1-6H3,(H,40,44)/b11-7+/t28-,30+,33?,38-/m0/s1. The molecule has 2 aromatic carbocycles. The Labute approximate surface area is 309 Å². The summed E-state index contributed by atoms with van der Waals surface area (Å²) < 4.78 is 48.9. The van der Waals surface area contributed by atoms with Gasteiger partial charge in [0, 0.05) is 35.6 Å². The molecular formula is C38H52ClN3O7SSi. The molecule has 2 aliphatic carbocycles. The Balaban J connectivity index is 1.43. The number of nitrogens with one attached hydrogen (secondary N) is 1. The minimum atomic E-state index is -4.41. The molecule has 2 aliphatic heterocycles. The van der Waals surface area contributed by atoms with E-state index in [9.17, 15) is 18.0 Å². The molecule has 4 aliphatic rings. The lowest BCUT2D eigenvalue weighted by Crippen LogP contribution is -2.52. The van der Waals surface area contributed by atoms with Gasteiger partial charge in [0.1, 0.15) is 12.3 Å². The number of methoxy groups -OCH3 is 1. The molecule has 1 amide bonds. The molecule has 1 N–H and O–H groups in total. The van der Waals surface area contributed by atoms with Gasteiger partial charge >= 0.3 is 16.2 Å². The van der Waals surface area contributed by atoms with Gasteiger partial charge in [0.05, 0.1) is 25.5 Å². The highest BCUT2D eigenvalue weighted by atomic mass is 35.5. The van der Waals surface area contributed by atoms with Crippen molar-refractivity contribution in [2.24, 2.45) is 11.8 Å². The number of benzene rings is 2. The minimum Gasteiger partial charge on any atom is -0.490 e. The van der Waals surface area contributed by atoms with Gasteiger partial charge < -0.3 is 18.8 Å². The Kier molecular flexibility index (Phi) is 10.8. The van der Waals surface area contributed by atoms with Gasteiger partial charge in [-0.3, -0.25) is 9.59 Å². The van der Waals surface area contributed by atoms with Crippen LogP contribution in [0.25, 0.3) is 0 Å². The summed E-state index contributed by atoms with van der Waals surface area (Å²) in [4.78, 5) is 28.3. The quantitative estimate of drug-likeness (QED) is 0.210. The molecule has 0 aromatic heterocycles. The maximum Gasteiger partial charge on any atom is 0.321 e.